The molecule has 192 valence electrons. The highest BCUT2D eigenvalue weighted by Gasteiger charge is 2.63. The SMILES string of the molecule is CC(C)C(CCC(C)C1CC[C@@]2(C)C3=C(CCC12C)C1(C)CC[C@H](O)C(C)(C)C1CC3)N=[N+]=[N-]. The van der Waals surface area contributed by atoms with E-state index < -0.39 is 0 Å². The molecule has 34 heavy (non-hydrogen) atoms. The van der Waals surface area contributed by atoms with E-state index in [-0.39, 0.29) is 23.0 Å². The smallest absolute Gasteiger partial charge is 0.0594 e. The minimum atomic E-state index is -0.158. The van der Waals surface area contributed by atoms with Crippen LogP contribution in [0.3, 0.4) is 0 Å². The van der Waals surface area contributed by atoms with Crippen LogP contribution in [0.5, 0.6) is 0 Å². The van der Waals surface area contributed by atoms with E-state index in [1.807, 2.05) is 5.57 Å². The molecule has 0 amide bonds. The van der Waals surface area contributed by atoms with Crippen molar-refractivity contribution in [1.82, 2.24) is 0 Å². The lowest BCUT2D eigenvalue weighted by molar-refractivity contribution is -0.0962. The molecule has 0 bridgehead atoms. The molecule has 4 aliphatic rings. The Bertz CT molecular complexity index is 870. The van der Waals surface area contributed by atoms with Crippen LogP contribution in [0, 0.1) is 45.3 Å². The van der Waals surface area contributed by atoms with Gasteiger partial charge in [0.1, 0.15) is 0 Å². The van der Waals surface area contributed by atoms with Crippen molar-refractivity contribution in [3.05, 3.63) is 21.6 Å². The molecule has 4 heteroatoms. The van der Waals surface area contributed by atoms with Crippen molar-refractivity contribution in [1.29, 1.82) is 0 Å². The number of fused-ring (bicyclic) bond motifs is 4. The number of azide groups is 1. The van der Waals surface area contributed by atoms with Crippen LogP contribution in [-0.4, -0.2) is 17.3 Å². The number of hydrogen-bond donors (Lipinski definition) is 1. The molecule has 0 saturated heterocycles. The van der Waals surface area contributed by atoms with Crippen LogP contribution < -0.4 is 0 Å². The average Bonchev–Trinajstić information content (AvgIpc) is 3.05. The Morgan fingerprint density at radius 1 is 0.941 bits per heavy atom. The Kier molecular flexibility index (Phi) is 6.78. The molecule has 4 nitrogen and oxygen atoms in total. The quantitative estimate of drug-likeness (QED) is 0.179. The van der Waals surface area contributed by atoms with Crippen molar-refractivity contribution in [2.45, 2.75) is 132 Å². The third-order valence-corrected chi connectivity index (χ3v) is 12.4. The molecule has 6 unspecified atom stereocenters. The largest absolute Gasteiger partial charge is 0.393 e. The lowest BCUT2D eigenvalue weighted by Gasteiger charge is -2.62. The zero-order valence-corrected chi connectivity index (χ0v) is 23.3. The molecule has 1 N–H and O–H groups in total. The van der Waals surface area contributed by atoms with Crippen LogP contribution in [0.1, 0.15) is 120 Å². The summed E-state index contributed by atoms with van der Waals surface area (Å²) in [5.41, 5.74) is 13.6. The molecular formula is C30H51N3O. The summed E-state index contributed by atoms with van der Waals surface area (Å²) in [5, 5.41) is 14.9. The predicted molar refractivity (Wildman–Crippen MR) is 141 cm³/mol. The molecule has 0 aliphatic heterocycles. The first-order chi connectivity index (χ1) is 15.8. The van der Waals surface area contributed by atoms with Gasteiger partial charge in [-0.1, -0.05) is 78.1 Å². The minimum Gasteiger partial charge on any atom is -0.393 e. The number of allylic oxidation sites excluding steroid dienone is 2. The van der Waals surface area contributed by atoms with Crippen LogP contribution in [0.25, 0.3) is 10.4 Å². The summed E-state index contributed by atoms with van der Waals surface area (Å²) < 4.78 is 0. The molecule has 4 rings (SSSR count). The first-order valence-electron chi connectivity index (χ1n) is 14.3. The fourth-order valence-corrected chi connectivity index (χ4v) is 9.85. The second-order valence-electron chi connectivity index (χ2n) is 14.3. The maximum Gasteiger partial charge on any atom is 0.0594 e. The first kappa shape index (κ1) is 26.1. The number of aliphatic hydroxyl groups excluding tert-OH is 1. The van der Waals surface area contributed by atoms with Gasteiger partial charge in [0.05, 0.1) is 6.10 Å². The summed E-state index contributed by atoms with van der Waals surface area (Å²) in [4.78, 5) is 3.13. The van der Waals surface area contributed by atoms with Crippen LogP contribution in [0.15, 0.2) is 16.3 Å². The Balaban J connectivity index is 1.60. The van der Waals surface area contributed by atoms with E-state index in [0.717, 1.165) is 31.6 Å². The summed E-state index contributed by atoms with van der Waals surface area (Å²) in [7, 11) is 0. The molecule has 0 aromatic carbocycles. The minimum absolute atomic E-state index is 0.0127. The monoisotopic (exact) mass is 469 g/mol. The zero-order valence-electron chi connectivity index (χ0n) is 23.3. The normalized spacial score (nSPS) is 42.9. The number of nitrogens with zero attached hydrogens (tertiary/aromatic N) is 3. The third-order valence-electron chi connectivity index (χ3n) is 12.4. The van der Waals surface area contributed by atoms with E-state index in [4.69, 9.17) is 5.53 Å². The van der Waals surface area contributed by atoms with E-state index in [9.17, 15) is 5.11 Å². The highest BCUT2D eigenvalue weighted by atomic mass is 16.3. The lowest BCUT2D eigenvalue weighted by Crippen LogP contribution is -2.55. The molecule has 4 aliphatic carbocycles. The molecule has 2 fully saturated rings. The number of hydrogen-bond acceptors (Lipinski definition) is 2. The highest BCUT2D eigenvalue weighted by molar-refractivity contribution is 5.38. The van der Waals surface area contributed by atoms with Crippen molar-refractivity contribution in [3.63, 3.8) is 0 Å². The van der Waals surface area contributed by atoms with E-state index in [2.05, 4.69) is 65.4 Å². The Hall–Kier alpha value is -0.990. The number of aliphatic hydroxyl groups is 1. The summed E-state index contributed by atoms with van der Waals surface area (Å²) in [6.07, 6.45) is 11.8. The van der Waals surface area contributed by atoms with Gasteiger partial charge in [-0.05, 0) is 109 Å². The molecule has 8 atom stereocenters. The standard InChI is InChI=1S/C30H51N3O/c1-19(2)24(32-33-31)11-9-20(3)21-13-17-30(8)23-10-12-25-27(4,5)26(34)15-16-28(25,6)22(23)14-18-29(21,30)7/h19-21,24-26,34H,9-18H2,1-8H3/t20?,21?,24?,25?,26-,28?,29?,30-/m0/s1. The van der Waals surface area contributed by atoms with Gasteiger partial charge in [-0.3, -0.25) is 0 Å². The van der Waals surface area contributed by atoms with Crippen LogP contribution >= 0.6 is 0 Å². The molecule has 0 radical (unpaired) electrons. The van der Waals surface area contributed by atoms with Crippen molar-refractivity contribution in [2.24, 2.45) is 50.4 Å². The van der Waals surface area contributed by atoms with Crippen LogP contribution in [-0.2, 0) is 0 Å². The number of rotatable bonds is 6. The highest BCUT2D eigenvalue weighted by Crippen LogP contribution is 2.72. The van der Waals surface area contributed by atoms with Gasteiger partial charge in [0.15, 0.2) is 0 Å². The fraction of sp³-hybridized carbons (Fsp3) is 0.933. The second-order valence-corrected chi connectivity index (χ2v) is 14.3. The van der Waals surface area contributed by atoms with E-state index in [1.165, 1.54) is 38.5 Å². The summed E-state index contributed by atoms with van der Waals surface area (Å²) in [5.74, 6) is 2.42. The zero-order chi connectivity index (χ0) is 25.1. The third kappa shape index (κ3) is 3.69. The van der Waals surface area contributed by atoms with E-state index >= 15 is 0 Å². The summed E-state index contributed by atoms with van der Waals surface area (Å²) in [6, 6.07) is 0.119. The van der Waals surface area contributed by atoms with Crippen molar-refractivity contribution in [2.75, 3.05) is 0 Å². The Morgan fingerprint density at radius 3 is 2.29 bits per heavy atom. The fourth-order valence-electron chi connectivity index (χ4n) is 9.85. The predicted octanol–water partition coefficient (Wildman–Crippen LogP) is 8.85. The van der Waals surface area contributed by atoms with E-state index in [0.29, 0.717) is 28.6 Å². The van der Waals surface area contributed by atoms with Crippen molar-refractivity contribution < 1.29 is 5.11 Å². The van der Waals surface area contributed by atoms with Gasteiger partial charge < -0.3 is 5.11 Å². The van der Waals surface area contributed by atoms with Crippen molar-refractivity contribution >= 4 is 0 Å². The van der Waals surface area contributed by atoms with Crippen LogP contribution in [0.4, 0.5) is 0 Å². The van der Waals surface area contributed by atoms with Crippen molar-refractivity contribution in [3.8, 4) is 0 Å². The maximum absolute atomic E-state index is 10.8. The molecule has 2 saturated carbocycles. The van der Waals surface area contributed by atoms with Gasteiger partial charge in [0.25, 0.3) is 0 Å². The van der Waals surface area contributed by atoms with E-state index in [1.54, 1.807) is 5.57 Å². The summed E-state index contributed by atoms with van der Waals surface area (Å²) in [6.45, 7) is 19.3. The van der Waals surface area contributed by atoms with Gasteiger partial charge in [0.2, 0.25) is 0 Å². The van der Waals surface area contributed by atoms with Gasteiger partial charge in [-0.2, -0.15) is 0 Å². The van der Waals surface area contributed by atoms with Gasteiger partial charge in [0, 0.05) is 11.0 Å². The van der Waals surface area contributed by atoms with Crippen LogP contribution in [0.2, 0.25) is 0 Å². The maximum atomic E-state index is 10.8. The first-order valence-corrected chi connectivity index (χ1v) is 14.3. The van der Waals surface area contributed by atoms with Gasteiger partial charge in [-0.15, -0.1) is 0 Å². The second kappa shape index (κ2) is 8.84. The molecular weight excluding hydrogens is 418 g/mol. The molecule has 0 aromatic heterocycles. The molecule has 0 aromatic rings. The molecule has 0 spiro atoms. The lowest BCUT2D eigenvalue weighted by atomic mass is 9.43. The topological polar surface area (TPSA) is 69.0 Å². The average molecular weight is 470 g/mol. The Morgan fingerprint density at radius 2 is 1.65 bits per heavy atom. The Labute approximate surface area is 209 Å². The van der Waals surface area contributed by atoms with Gasteiger partial charge >= 0.3 is 0 Å². The molecule has 0 heterocycles. The van der Waals surface area contributed by atoms with Gasteiger partial charge in [-0.25, -0.2) is 0 Å². The summed E-state index contributed by atoms with van der Waals surface area (Å²) >= 11 is 0.